The van der Waals surface area contributed by atoms with E-state index in [2.05, 4.69) is 10.9 Å². The monoisotopic (exact) mass is 246 g/mol. The van der Waals surface area contributed by atoms with Crippen molar-refractivity contribution in [3.8, 4) is 18.1 Å². The number of carbonyl (C=O) groups is 1. The fourth-order valence-electron chi connectivity index (χ4n) is 1.39. The van der Waals surface area contributed by atoms with Gasteiger partial charge >= 0.3 is 5.63 Å². The molecular weight excluding hydrogens is 234 g/mol. The molecule has 1 heterocycles. The lowest BCUT2D eigenvalue weighted by Gasteiger charge is -2.10. The highest BCUT2D eigenvalue weighted by Gasteiger charge is 2.14. The predicted molar refractivity (Wildman–Crippen MR) is 64.9 cm³/mol. The molecule has 0 amide bonds. The molecule has 5 heteroatoms. The second kappa shape index (κ2) is 5.82. The van der Waals surface area contributed by atoms with Gasteiger partial charge in [0.1, 0.15) is 5.76 Å². The maximum absolute atomic E-state index is 11.8. The number of hydrogen-bond acceptors (Lipinski definition) is 5. The third kappa shape index (κ3) is 3.32. The van der Waals surface area contributed by atoms with Crippen LogP contribution in [0.4, 0.5) is 0 Å². The normalized spacial score (nSPS) is 11.1. The van der Waals surface area contributed by atoms with Crippen LogP contribution >= 0.6 is 0 Å². The smallest absolute Gasteiger partial charge is 0.346 e. The highest BCUT2D eigenvalue weighted by atomic mass is 16.4. The molecule has 1 rings (SSSR count). The van der Waals surface area contributed by atoms with Gasteiger partial charge in [0.05, 0.1) is 12.1 Å². The average molecular weight is 246 g/mol. The standard InChI is InChI=1S/C13H13NO4/c1-4-5-14-8(2)6-10(15)12-11(16)7-9(3)18-13(12)17/h1,7,16H,5-6H2,2-3H3/p-1. The van der Waals surface area contributed by atoms with E-state index in [4.69, 9.17) is 10.8 Å². The number of rotatable bonds is 4. The van der Waals surface area contributed by atoms with Gasteiger partial charge in [-0.2, -0.15) is 0 Å². The van der Waals surface area contributed by atoms with Crippen LogP contribution in [-0.2, 0) is 0 Å². The van der Waals surface area contributed by atoms with E-state index in [-0.39, 0.29) is 18.7 Å². The summed E-state index contributed by atoms with van der Waals surface area (Å²) in [5, 5.41) is 11.5. The van der Waals surface area contributed by atoms with Gasteiger partial charge in [0.25, 0.3) is 0 Å². The lowest BCUT2D eigenvalue weighted by Crippen LogP contribution is -2.19. The molecule has 5 nitrogen and oxygen atoms in total. The summed E-state index contributed by atoms with van der Waals surface area (Å²) >= 11 is 0. The van der Waals surface area contributed by atoms with E-state index in [0.717, 1.165) is 6.07 Å². The second-order valence-electron chi connectivity index (χ2n) is 3.74. The molecule has 18 heavy (non-hydrogen) atoms. The van der Waals surface area contributed by atoms with Crippen molar-refractivity contribution < 1.29 is 14.3 Å². The third-order valence-electron chi connectivity index (χ3n) is 2.17. The van der Waals surface area contributed by atoms with Crippen molar-refractivity contribution in [3.63, 3.8) is 0 Å². The summed E-state index contributed by atoms with van der Waals surface area (Å²) in [6.45, 7) is 3.23. The van der Waals surface area contributed by atoms with Crippen LogP contribution in [-0.4, -0.2) is 18.0 Å². The summed E-state index contributed by atoms with van der Waals surface area (Å²) in [6, 6.07) is 1.11. The van der Waals surface area contributed by atoms with Crippen molar-refractivity contribution in [2.45, 2.75) is 20.3 Å². The zero-order valence-electron chi connectivity index (χ0n) is 10.1. The number of Topliss-reactive ketones (excluding diaryl/α,β-unsaturated/α-hetero) is 1. The number of ketones is 1. The fourth-order valence-corrected chi connectivity index (χ4v) is 1.39. The van der Waals surface area contributed by atoms with Gasteiger partial charge in [-0.15, -0.1) is 6.42 Å². The number of terminal acetylenes is 1. The van der Waals surface area contributed by atoms with Crippen molar-refractivity contribution >= 4 is 11.5 Å². The molecule has 0 bridgehead atoms. The van der Waals surface area contributed by atoms with Gasteiger partial charge in [-0.05, 0) is 19.9 Å². The van der Waals surface area contributed by atoms with Crippen LogP contribution in [0.1, 0.15) is 29.5 Å². The molecule has 0 fully saturated rings. The molecule has 0 atom stereocenters. The zero-order valence-corrected chi connectivity index (χ0v) is 10.1. The number of carbonyl (C=O) groups excluding carboxylic acids is 1. The Morgan fingerprint density at radius 3 is 2.83 bits per heavy atom. The van der Waals surface area contributed by atoms with Crippen LogP contribution < -0.4 is 10.7 Å². The lowest BCUT2D eigenvalue weighted by molar-refractivity contribution is -0.269. The molecule has 0 radical (unpaired) electrons. The predicted octanol–water partition coefficient (Wildman–Crippen LogP) is 0.689. The van der Waals surface area contributed by atoms with Crippen LogP contribution in [0.15, 0.2) is 20.3 Å². The SMILES string of the molecule is C#CCN=C(C)CC(=O)c1c([O-])cc(C)oc1=O. The van der Waals surface area contributed by atoms with Gasteiger partial charge in [0.15, 0.2) is 5.78 Å². The van der Waals surface area contributed by atoms with Crippen LogP contribution in [0.2, 0.25) is 0 Å². The minimum Gasteiger partial charge on any atom is -0.872 e. The van der Waals surface area contributed by atoms with Crippen molar-refractivity contribution in [2.24, 2.45) is 4.99 Å². The maximum atomic E-state index is 11.8. The summed E-state index contributed by atoms with van der Waals surface area (Å²) in [4.78, 5) is 27.1. The average Bonchev–Trinajstić information content (AvgIpc) is 2.24. The summed E-state index contributed by atoms with van der Waals surface area (Å²) in [5.41, 5.74) is -0.900. The Balaban J connectivity index is 3.00. The van der Waals surface area contributed by atoms with Crippen molar-refractivity contribution in [3.05, 3.63) is 27.8 Å². The van der Waals surface area contributed by atoms with Crippen LogP contribution in [0.25, 0.3) is 0 Å². The van der Waals surface area contributed by atoms with E-state index in [0.29, 0.717) is 5.71 Å². The van der Waals surface area contributed by atoms with Crippen LogP contribution in [0.3, 0.4) is 0 Å². The largest absolute Gasteiger partial charge is 0.872 e. The molecule has 0 spiro atoms. The first-order valence-electron chi connectivity index (χ1n) is 5.24. The summed E-state index contributed by atoms with van der Waals surface area (Å²) in [7, 11) is 0. The zero-order chi connectivity index (χ0) is 13.7. The third-order valence-corrected chi connectivity index (χ3v) is 2.17. The van der Waals surface area contributed by atoms with E-state index in [9.17, 15) is 14.7 Å². The van der Waals surface area contributed by atoms with E-state index in [1.165, 1.54) is 6.92 Å². The minimum atomic E-state index is -0.908. The number of nitrogens with zero attached hydrogens (tertiary/aromatic N) is 1. The Morgan fingerprint density at radius 1 is 1.61 bits per heavy atom. The highest BCUT2D eigenvalue weighted by molar-refractivity contribution is 6.09. The molecule has 0 N–H and O–H groups in total. The molecule has 0 aliphatic carbocycles. The Hall–Kier alpha value is -2.35. The number of aliphatic imine (C=N–C) groups is 1. The summed E-state index contributed by atoms with van der Waals surface area (Å²) < 4.78 is 4.72. The van der Waals surface area contributed by atoms with Gasteiger partial charge < -0.3 is 9.52 Å². The Kier molecular flexibility index (Phi) is 4.44. The first-order chi connectivity index (χ1) is 8.45. The maximum Gasteiger partial charge on any atom is 0.346 e. The molecule has 0 saturated heterocycles. The van der Waals surface area contributed by atoms with E-state index in [1.807, 2.05) is 0 Å². The van der Waals surface area contributed by atoms with Gasteiger partial charge in [0, 0.05) is 12.1 Å². The van der Waals surface area contributed by atoms with E-state index >= 15 is 0 Å². The number of aryl methyl sites for hydroxylation is 1. The Labute approximate surface area is 104 Å². The van der Waals surface area contributed by atoms with Gasteiger partial charge in [-0.1, -0.05) is 11.7 Å². The molecule has 1 aromatic rings. The van der Waals surface area contributed by atoms with Crippen molar-refractivity contribution in [1.29, 1.82) is 0 Å². The molecule has 0 aromatic carbocycles. The van der Waals surface area contributed by atoms with Crippen molar-refractivity contribution in [2.75, 3.05) is 6.54 Å². The van der Waals surface area contributed by atoms with Crippen molar-refractivity contribution in [1.82, 2.24) is 0 Å². The molecule has 1 aromatic heterocycles. The molecule has 0 saturated carbocycles. The van der Waals surface area contributed by atoms with Crippen LogP contribution in [0.5, 0.6) is 5.75 Å². The van der Waals surface area contributed by atoms with E-state index in [1.54, 1.807) is 6.92 Å². The first-order valence-corrected chi connectivity index (χ1v) is 5.24. The highest BCUT2D eigenvalue weighted by Crippen LogP contribution is 2.13. The molecule has 0 aliphatic heterocycles. The lowest BCUT2D eigenvalue weighted by atomic mass is 10.1. The summed E-state index contributed by atoms with van der Waals surface area (Å²) in [6.07, 6.45) is 4.91. The molecule has 0 aliphatic rings. The van der Waals surface area contributed by atoms with Gasteiger partial charge in [0.2, 0.25) is 0 Å². The van der Waals surface area contributed by atoms with E-state index < -0.39 is 22.7 Å². The van der Waals surface area contributed by atoms with Crippen LogP contribution in [0, 0.1) is 19.3 Å². The molecular formula is C13H12NO4-. The Morgan fingerprint density at radius 2 is 2.28 bits per heavy atom. The quantitative estimate of drug-likeness (QED) is 0.444. The first kappa shape index (κ1) is 13.7. The molecule has 94 valence electrons. The van der Waals surface area contributed by atoms with Gasteiger partial charge in [-0.25, -0.2) is 4.79 Å². The molecule has 0 unspecified atom stereocenters. The second-order valence-corrected chi connectivity index (χ2v) is 3.74. The number of hydrogen-bond donors (Lipinski definition) is 0. The fraction of sp³-hybridized carbons (Fsp3) is 0.308. The topological polar surface area (TPSA) is 82.7 Å². The minimum absolute atomic E-state index is 0.120. The van der Waals surface area contributed by atoms with Gasteiger partial charge in [-0.3, -0.25) is 9.79 Å². The Bertz CT molecular complexity index is 590. The summed E-state index contributed by atoms with van der Waals surface area (Å²) in [5.74, 6) is 1.25.